The number of rotatable bonds is 0. The Bertz CT molecular complexity index is 3.61. The molecule has 5 radical (unpaired) electrons. The topological polar surface area (TPSA) is 0 Å². The van der Waals surface area contributed by atoms with Crippen molar-refractivity contribution in [3.63, 3.8) is 0 Å². The van der Waals surface area contributed by atoms with Crippen molar-refractivity contribution in [1.29, 1.82) is 0 Å². The van der Waals surface area contributed by atoms with E-state index in [-0.39, 0.29) is 223 Å². The first-order valence-corrected chi connectivity index (χ1v) is 0. The minimum absolute atomic E-state index is 0. The Kier molecular flexibility index (Phi) is 133. The van der Waals surface area contributed by atoms with Gasteiger partial charge in [0, 0.05) is 223 Å². The molecule has 0 bridgehead atoms. The van der Waals surface area contributed by atoms with Crippen LogP contribution >= 0.6 is 0 Å². The molecule has 0 N–H and O–H groups in total. The Morgan fingerprint density at radius 1 is 0.400 bits per heavy atom. The van der Waals surface area contributed by atoms with Crippen LogP contribution in [0.5, 0.6) is 0 Å². The molecule has 5 heavy (non-hydrogen) atoms. The molecule has 0 spiro atoms. The normalized spacial score (nSPS) is 0. The van der Waals surface area contributed by atoms with Gasteiger partial charge in [0.1, 0.15) is 0 Å². The molecule has 0 amide bonds. The molecule has 0 nitrogen and oxygen atoms in total. The van der Waals surface area contributed by atoms with Crippen LogP contribution in [0.4, 0.5) is 0 Å². The largest absolute Gasteiger partial charge is 0 e. The van der Waals surface area contributed by atoms with E-state index in [1.165, 1.54) is 0 Å². The Hall–Kier alpha value is 7.06. The molecule has 0 atom stereocenters. The van der Waals surface area contributed by atoms with E-state index in [1.54, 1.807) is 0 Å². The molecule has 0 heterocycles. The molecule has 0 aliphatic heterocycles. The average molecular weight is 220 g/mol. The molecule has 0 rings (SSSR count). The summed E-state index contributed by atoms with van der Waals surface area (Å²) in [5.74, 6) is 0. The molecule has 0 fully saturated rings. The number of hydrogen-bond acceptors (Lipinski definition) is 0. The van der Waals surface area contributed by atoms with Crippen LogP contribution in [0.25, 0.3) is 0 Å². The summed E-state index contributed by atoms with van der Waals surface area (Å²) in [6, 6.07) is 0. The van der Waals surface area contributed by atoms with E-state index in [0.717, 1.165) is 0 Å². The summed E-state index contributed by atoms with van der Waals surface area (Å²) in [7, 11) is 0. The second-order valence-corrected chi connectivity index (χ2v) is 0. The van der Waals surface area contributed by atoms with Crippen LogP contribution in [0, 0.1) is 0 Å². The third kappa shape index (κ3) is 18.2. The molecule has 0 aliphatic rings. The van der Waals surface area contributed by atoms with Gasteiger partial charge < -0.3 is 0 Å². The fourth-order valence-electron chi connectivity index (χ4n) is 0. The van der Waals surface area contributed by atoms with Crippen molar-refractivity contribution in [3.8, 4) is 0 Å². The Morgan fingerprint density at radius 3 is 0.400 bits per heavy atom. The van der Waals surface area contributed by atoms with Crippen molar-refractivity contribution < 1.29 is 17.1 Å². The van der Waals surface area contributed by atoms with Gasteiger partial charge in [0.15, 0.2) is 0 Å². The van der Waals surface area contributed by atoms with Gasteiger partial charge in [-0.1, -0.05) is 0 Å². The summed E-state index contributed by atoms with van der Waals surface area (Å²) < 4.78 is 0. The molecule has 0 aromatic carbocycles. The van der Waals surface area contributed by atoms with Crippen LogP contribution in [0.2, 0.25) is 0 Å². The fourth-order valence-corrected chi connectivity index (χ4v) is 0. The van der Waals surface area contributed by atoms with Crippen molar-refractivity contribution in [2.75, 3.05) is 0 Å². The molecule has 15 valence electrons. The van der Waals surface area contributed by atoms with Crippen molar-refractivity contribution >= 4 is 206 Å². The van der Waals surface area contributed by atoms with E-state index in [4.69, 9.17) is 0 Å². The zero-order chi connectivity index (χ0) is 0. The predicted octanol–water partition coefficient (Wildman–Crippen LogP) is -1.53. The summed E-state index contributed by atoms with van der Waals surface area (Å²) in [6.45, 7) is 0. The quantitative estimate of drug-likeness (QED) is 0.434. The third-order valence-electron chi connectivity index (χ3n) is 0. The van der Waals surface area contributed by atoms with Crippen molar-refractivity contribution in [3.05, 3.63) is 0 Å². The maximum absolute atomic E-state index is 0. The van der Waals surface area contributed by atoms with Gasteiger partial charge in [-0.15, -0.1) is 0 Å². The average Bonchev–Trinajstić information content (AvgIpc) is 0. The first-order valence-electron chi connectivity index (χ1n) is 0. The van der Waals surface area contributed by atoms with E-state index in [1.807, 2.05) is 0 Å². The van der Waals surface area contributed by atoms with Crippen LogP contribution in [0.1, 0.15) is 0 Å². The Morgan fingerprint density at radius 2 is 0.400 bits per heavy atom. The standard InChI is InChI=1S/Cu.4K. The molecule has 5 heteroatoms. The van der Waals surface area contributed by atoms with Crippen LogP contribution in [-0.2, 0) is 17.1 Å². The zero-order valence-electron chi connectivity index (χ0n) is 4.30. The van der Waals surface area contributed by atoms with Gasteiger partial charge in [-0.25, -0.2) is 0 Å². The summed E-state index contributed by atoms with van der Waals surface area (Å²) in [5, 5.41) is 0. The van der Waals surface area contributed by atoms with Gasteiger partial charge in [-0.3, -0.25) is 0 Å². The van der Waals surface area contributed by atoms with E-state index < -0.39 is 0 Å². The summed E-state index contributed by atoms with van der Waals surface area (Å²) in [4.78, 5) is 0. The van der Waals surface area contributed by atoms with Crippen LogP contribution < -0.4 is 0 Å². The molecular formula is CuK4. The second kappa shape index (κ2) is 22.5. The van der Waals surface area contributed by atoms with Gasteiger partial charge in [-0.2, -0.15) is 0 Å². The van der Waals surface area contributed by atoms with Gasteiger partial charge in [0.25, 0.3) is 0 Å². The number of hydrogen-bond donors (Lipinski definition) is 0. The maximum Gasteiger partial charge on any atom is 0 e. The maximum atomic E-state index is 0. The van der Waals surface area contributed by atoms with Gasteiger partial charge >= 0.3 is 0 Å². The second-order valence-electron chi connectivity index (χ2n) is 0. The van der Waals surface area contributed by atoms with Gasteiger partial charge in [0.05, 0.1) is 0 Å². The summed E-state index contributed by atoms with van der Waals surface area (Å²) in [5.41, 5.74) is 0. The van der Waals surface area contributed by atoms with E-state index >= 15 is 0 Å². The Labute approximate surface area is 214 Å². The molecular weight excluding hydrogens is 220 g/mol. The van der Waals surface area contributed by atoms with Crippen LogP contribution in [0.15, 0.2) is 0 Å². The first kappa shape index (κ1) is 29.6. The summed E-state index contributed by atoms with van der Waals surface area (Å²) in [6.07, 6.45) is 0. The van der Waals surface area contributed by atoms with Crippen molar-refractivity contribution in [2.45, 2.75) is 0 Å². The van der Waals surface area contributed by atoms with Crippen molar-refractivity contribution in [1.82, 2.24) is 0 Å². The van der Waals surface area contributed by atoms with E-state index in [2.05, 4.69) is 0 Å². The SMILES string of the molecule is [Cu].[K].[K].[K].[K]. The van der Waals surface area contributed by atoms with Gasteiger partial charge in [-0.05, 0) is 0 Å². The Balaban J connectivity index is 0. The molecule has 0 saturated heterocycles. The van der Waals surface area contributed by atoms with Crippen molar-refractivity contribution in [2.24, 2.45) is 0 Å². The molecule has 0 unspecified atom stereocenters. The molecule has 0 aliphatic carbocycles. The summed E-state index contributed by atoms with van der Waals surface area (Å²) >= 11 is 0. The zero-order valence-corrected chi connectivity index (χ0v) is 17.7. The monoisotopic (exact) mass is 219 g/mol. The van der Waals surface area contributed by atoms with E-state index in [0.29, 0.717) is 0 Å². The third-order valence-corrected chi connectivity index (χ3v) is 0. The fraction of sp³-hybridized carbons (Fsp3) is 0. The molecule has 0 aromatic rings. The minimum Gasteiger partial charge on any atom is 0 e. The first-order chi connectivity index (χ1) is 0. The smallest absolute Gasteiger partial charge is 0 e. The van der Waals surface area contributed by atoms with Crippen LogP contribution in [0.3, 0.4) is 0 Å². The molecule has 0 aromatic heterocycles. The van der Waals surface area contributed by atoms with E-state index in [9.17, 15) is 0 Å². The van der Waals surface area contributed by atoms with Crippen LogP contribution in [-0.4, -0.2) is 206 Å². The van der Waals surface area contributed by atoms with Gasteiger partial charge in [0.2, 0.25) is 0 Å². The predicted molar refractivity (Wildman–Crippen MR) is 23.0 cm³/mol. The molecule has 0 saturated carbocycles. The minimum atomic E-state index is 0.